The van der Waals surface area contributed by atoms with Gasteiger partial charge in [-0.25, -0.2) is 4.39 Å². The van der Waals surface area contributed by atoms with Gasteiger partial charge in [0.05, 0.1) is 12.2 Å². The number of carbonyl (C=O) groups excluding carboxylic acids is 2. The van der Waals surface area contributed by atoms with Crippen LogP contribution in [0.25, 0.3) is 0 Å². The first-order valence-electron chi connectivity index (χ1n) is 7.48. The molecule has 0 aliphatic rings. The van der Waals surface area contributed by atoms with Crippen LogP contribution in [-0.2, 0) is 21.8 Å². The number of thioether (sulfide) groups is 1. The van der Waals surface area contributed by atoms with Crippen LogP contribution in [-0.4, -0.2) is 17.6 Å². The van der Waals surface area contributed by atoms with Crippen LogP contribution in [0.1, 0.15) is 16.7 Å². The molecular weight excluding hydrogens is 327 g/mol. The van der Waals surface area contributed by atoms with Crippen molar-refractivity contribution in [3.05, 3.63) is 71.0 Å². The Balaban J connectivity index is 1.65. The van der Waals surface area contributed by atoms with Crippen LogP contribution in [0.5, 0.6) is 0 Å². The van der Waals surface area contributed by atoms with Gasteiger partial charge < -0.3 is 0 Å². The summed E-state index contributed by atoms with van der Waals surface area (Å²) in [7, 11) is 0. The van der Waals surface area contributed by atoms with Gasteiger partial charge in [-0.15, -0.1) is 11.8 Å². The summed E-state index contributed by atoms with van der Waals surface area (Å²) in [5.74, 6) is 0.0282. The van der Waals surface area contributed by atoms with E-state index in [1.807, 2.05) is 25.1 Å². The van der Waals surface area contributed by atoms with E-state index in [1.165, 1.54) is 41.6 Å². The van der Waals surface area contributed by atoms with E-state index in [4.69, 9.17) is 0 Å². The van der Waals surface area contributed by atoms with Gasteiger partial charge in [0.1, 0.15) is 5.82 Å². The molecule has 0 bridgehead atoms. The van der Waals surface area contributed by atoms with Gasteiger partial charge in [-0.05, 0) is 30.2 Å². The lowest BCUT2D eigenvalue weighted by atomic mass is 10.1. The normalized spacial score (nSPS) is 10.2. The molecule has 2 N–H and O–H groups in total. The Morgan fingerprint density at radius 3 is 2.42 bits per heavy atom. The van der Waals surface area contributed by atoms with Gasteiger partial charge in [0.2, 0.25) is 11.8 Å². The molecule has 0 aliphatic carbocycles. The Morgan fingerprint density at radius 1 is 1.00 bits per heavy atom. The molecular formula is C18H19FN2O2S. The number of benzene rings is 2. The third kappa shape index (κ3) is 6.42. The fourth-order valence-electron chi connectivity index (χ4n) is 2.07. The second-order valence-corrected chi connectivity index (χ2v) is 6.37. The number of hydrazine groups is 1. The Hall–Kier alpha value is -2.34. The van der Waals surface area contributed by atoms with E-state index in [0.29, 0.717) is 5.56 Å². The van der Waals surface area contributed by atoms with Gasteiger partial charge in [0.25, 0.3) is 0 Å². The number of carbonyl (C=O) groups is 2. The molecule has 0 aromatic heterocycles. The number of halogens is 1. The first kappa shape index (κ1) is 18.0. The van der Waals surface area contributed by atoms with Crippen LogP contribution >= 0.6 is 11.8 Å². The maximum Gasteiger partial charge on any atom is 0.248 e. The second-order valence-electron chi connectivity index (χ2n) is 5.38. The fraction of sp³-hybridized carbons (Fsp3) is 0.222. The van der Waals surface area contributed by atoms with Crippen molar-refractivity contribution in [2.24, 2.45) is 0 Å². The second kappa shape index (κ2) is 9.08. The highest BCUT2D eigenvalue weighted by Gasteiger charge is 2.06. The third-order valence-corrected chi connectivity index (χ3v) is 4.21. The van der Waals surface area contributed by atoms with Gasteiger partial charge in [-0.2, -0.15) is 0 Å². The maximum atomic E-state index is 12.8. The zero-order valence-electron chi connectivity index (χ0n) is 13.3. The van der Waals surface area contributed by atoms with Crippen molar-refractivity contribution in [1.29, 1.82) is 0 Å². The summed E-state index contributed by atoms with van der Waals surface area (Å²) in [6.07, 6.45) is 0.0804. The van der Waals surface area contributed by atoms with Gasteiger partial charge in [0.15, 0.2) is 0 Å². The van der Waals surface area contributed by atoms with Crippen molar-refractivity contribution in [3.8, 4) is 0 Å². The Bertz CT molecular complexity index is 704. The minimum atomic E-state index is -0.349. The topological polar surface area (TPSA) is 58.2 Å². The lowest BCUT2D eigenvalue weighted by molar-refractivity contribution is -0.127. The van der Waals surface area contributed by atoms with Crippen LogP contribution < -0.4 is 10.9 Å². The van der Waals surface area contributed by atoms with Crippen molar-refractivity contribution in [1.82, 2.24) is 10.9 Å². The standard InChI is InChI=1S/C18H19FN2O2S/c1-13-3-2-4-15(9-13)11-24-12-18(23)21-20-17(22)10-14-5-7-16(19)8-6-14/h2-9H,10-12H2,1H3,(H,20,22)(H,21,23). The van der Waals surface area contributed by atoms with E-state index in [-0.39, 0.29) is 29.8 Å². The van der Waals surface area contributed by atoms with Crippen LogP contribution in [0.2, 0.25) is 0 Å². The van der Waals surface area contributed by atoms with Crippen LogP contribution in [0.3, 0.4) is 0 Å². The Labute approximate surface area is 144 Å². The highest BCUT2D eigenvalue weighted by molar-refractivity contribution is 7.99. The Kier molecular flexibility index (Phi) is 6.81. The van der Waals surface area contributed by atoms with Crippen molar-refractivity contribution >= 4 is 23.6 Å². The molecule has 2 aromatic rings. The summed E-state index contributed by atoms with van der Waals surface area (Å²) >= 11 is 1.48. The summed E-state index contributed by atoms with van der Waals surface area (Å²) in [5, 5.41) is 0. The molecule has 0 atom stereocenters. The van der Waals surface area contributed by atoms with E-state index in [0.717, 1.165) is 11.3 Å². The summed E-state index contributed by atoms with van der Waals surface area (Å²) in [6.45, 7) is 2.03. The minimum Gasteiger partial charge on any atom is -0.273 e. The molecule has 126 valence electrons. The van der Waals surface area contributed by atoms with Crippen molar-refractivity contribution in [2.75, 3.05) is 5.75 Å². The van der Waals surface area contributed by atoms with Gasteiger partial charge in [0, 0.05) is 5.75 Å². The predicted molar refractivity (Wildman–Crippen MR) is 93.7 cm³/mol. The average Bonchev–Trinajstić information content (AvgIpc) is 2.55. The van der Waals surface area contributed by atoms with Crippen LogP contribution in [0.15, 0.2) is 48.5 Å². The van der Waals surface area contributed by atoms with E-state index in [2.05, 4.69) is 16.9 Å². The van der Waals surface area contributed by atoms with Gasteiger partial charge >= 0.3 is 0 Å². The van der Waals surface area contributed by atoms with E-state index < -0.39 is 0 Å². The van der Waals surface area contributed by atoms with E-state index in [1.54, 1.807) is 0 Å². The third-order valence-electron chi connectivity index (χ3n) is 3.20. The molecule has 0 heterocycles. The highest BCUT2D eigenvalue weighted by atomic mass is 32.2. The van der Waals surface area contributed by atoms with Crippen LogP contribution in [0, 0.1) is 12.7 Å². The summed E-state index contributed by atoms with van der Waals surface area (Å²) in [6, 6.07) is 13.8. The SMILES string of the molecule is Cc1cccc(CSCC(=O)NNC(=O)Cc2ccc(F)cc2)c1. The zero-order valence-corrected chi connectivity index (χ0v) is 14.2. The Morgan fingerprint density at radius 2 is 1.71 bits per heavy atom. The predicted octanol–water partition coefficient (Wildman–Crippen LogP) is 2.76. The molecule has 0 unspecified atom stereocenters. The molecule has 24 heavy (non-hydrogen) atoms. The molecule has 0 fully saturated rings. The van der Waals surface area contributed by atoms with Crippen molar-refractivity contribution < 1.29 is 14.0 Å². The number of aryl methyl sites for hydroxylation is 1. The fourth-order valence-corrected chi connectivity index (χ4v) is 2.85. The smallest absolute Gasteiger partial charge is 0.248 e. The number of hydrogen-bond acceptors (Lipinski definition) is 3. The molecule has 0 spiro atoms. The molecule has 6 heteroatoms. The van der Waals surface area contributed by atoms with Gasteiger partial charge in [-0.3, -0.25) is 20.4 Å². The summed E-state index contributed by atoms with van der Waals surface area (Å²) in [5.41, 5.74) is 7.76. The summed E-state index contributed by atoms with van der Waals surface area (Å²) in [4.78, 5) is 23.4. The number of hydrogen-bond donors (Lipinski definition) is 2. The lowest BCUT2D eigenvalue weighted by Crippen LogP contribution is -2.43. The molecule has 4 nitrogen and oxygen atoms in total. The van der Waals surface area contributed by atoms with Crippen LogP contribution in [0.4, 0.5) is 4.39 Å². The number of rotatable bonds is 6. The van der Waals surface area contributed by atoms with Gasteiger partial charge in [-0.1, -0.05) is 42.0 Å². The first-order chi connectivity index (χ1) is 11.5. The molecule has 2 amide bonds. The molecule has 2 rings (SSSR count). The monoisotopic (exact) mass is 346 g/mol. The zero-order chi connectivity index (χ0) is 17.4. The molecule has 2 aromatic carbocycles. The van der Waals surface area contributed by atoms with E-state index in [9.17, 15) is 14.0 Å². The highest BCUT2D eigenvalue weighted by Crippen LogP contribution is 2.13. The summed E-state index contributed by atoms with van der Waals surface area (Å²) < 4.78 is 12.8. The quantitative estimate of drug-likeness (QED) is 0.791. The average molecular weight is 346 g/mol. The molecule has 0 aliphatic heterocycles. The number of amides is 2. The maximum absolute atomic E-state index is 12.8. The molecule has 0 saturated heterocycles. The lowest BCUT2D eigenvalue weighted by Gasteiger charge is -2.08. The van der Waals surface area contributed by atoms with Crippen molar-refractivity contribution in [2.45, 2.75) is 19.1 Å². The molecule has 0 saturated carbocycles. The molecule has 0 radical (unpaired) electrons. The first-order valence-corrected chi connectivity index (χ1v) is 8.64. The number of nitrogens with one attached hydrogen (secondary N) is 2. The van der Waals surface area contributed by atoms with E-state index >= 15 is 0 Å². The minimum absolute atomic E-state index is 0.0804. The van der Waals surface area contributed by atoms with Crippen molar-refractivity contribution in [3.63, 3.8) is 0 Å². The largest absolute Gasteiger partial charge is 0.273 e.